The Bertz CT molecular complexity index is 590. The Morgan fingerprint density at radius 3 is 2.05 bits per heavy atom. The summed E-state index contributed by atoms with van der Waals surface area (Å²) in [5, 5.41) is 0.743. The summed E-state index contributed by atoms with van der Waals surface area (Å²) in [6, 6.07) is 16.2. The van der Waals surface area contributed by atoms with E-state index >= 15 is 0 Å². The molecule has 110 valence electrons. The van der Waals surface area contributed by atoms with E-state index in [-0.39, 0.29) is 11.8 Å². The first kappa shape index (κ1) is 15.6. The molecule has 0 saturated heterocycles. The predicted molar refractivity (Wildman–Crippen MR) is 88.2 cm³/mol. The lowest BCUT2D eigenvalue weighted by atomic mass is 9.95. The van der Waals surface area contributed by atoms with Crippen LogP contribution in [0.5, 0.6) is 0 Å². The van der Waals surface area contributed by atoms with Crippen molar-refractivity contribution >= 4 is 17.5 Å². The van der Waals surface area contributed by atoms with Gasteiger partial charge in [0.25, 0.3) is 0 Å². The molecule has 0 saturated carbocycles. The van der Waals surface area contributed by atoms with Crippen LogP contribution in [0.3, 0.4) is 0 Å². The average molecular weight is 302 g/mol. The standard InChI is InChI=1S/C18H20ClNO/c1-2-14(18(20)21)6-3-13-4-7-15(8-5-13)16-9-11-17(19)12-10-16/h4-5,7-12,14H,2-3,6H2,1H3,(H2,20,21). The second-order valence-electron chi connectivity index (χ2n) is 5.25. The number of carbonyl (C=O) groups is 1. The van der Waals surface area contributed by atoms with Crippen LogP contribution < -0.4 is 5.73 Å². The zero-order valence-corrected chi connectivity index (χ0v) is 12.9. The topological polar surface area (TPSA) is 43.1 Å². The van der Waals surface area contributed by atoms with Gasteiger partial charge in [-0.15, -0.1) is 0 Å². The SMILES string of the molecule is CCC(CCc1ccc(-c2ccc(Cl)cc2)cc1)C(N)=O. The first-order valence-corrected chi connectivity index (χ1v) is 7.62. The molecule has 0 fully saturated rings. The largest absolute Gasteiger partial charge is 0.369 e. The fraction of sp³-hybridized carbons (Fsp3) is 0.278. The van der Waals surface area contributed by atoms with Crippen molar-refractivity contribution in [3.8, 4) is 11.1 Å². The van der Waals surface area contributed by atoms with Crippen molar-refractivity contribution in [2.24, 2.45) is 11.7 Å². The molecule has 0 spiro atoms. The van der Waals surface area contributed by atoms with Gasteiger partial charge in [-0.3, -0.25) is 4.79 Å². The van der Waals surface area contributed by atoms with E-state index in [1.54, 1.807) is 0 Å². The highest BCUT2D eigenvalue weighted by atomic mass is 35.5. The Balaban J connectivity index is 2.02. The summed E-state index contributed by atoms with van der Waals surface area (Å²) in [6.45, 7) is 2.00. The van der Waals surface area contributed by atoms with Crippen LogP contribution in [0, 0.1) is 5.92 Å². The van der Waals surface area contributed by atoms with Gasteiger partial charge >= 0.3 is 0 Å². The summed E-state index contributed by atoms with van der Waals surface area (Å²) in [5.41, 5.74) is 8.91. The average Bonchev–Trinajstić information content (AvgIpc) is 2.49. The van der Waals surface area contributed by atoms with Gasteiger partial charge in [-0.05, 0) is 48.1 Å². The molecule has 2 aromatic carbocycles. The maximum Gasteiger partial charge on any atom is 0.220 e. The molecule has 1 unspecified atom stereocenters. The molecule has 21 heavy (non-hydrogen) atoms. The van der Waals surface area contributed by atoms with Crippen LogP contribution in [0.15, 0.2) is 48.5 Å². The van der Waals surface area contributed by atoms with Crippen molar-refractivity contribution < 1.29 is 4.79 Å². The Kier molecular flexibility index (Phi) is 5.40. The number of hydrogen-bond acceptors (Lipinski definition) is 1. The fourth-order valence-corrected chi connectivity index (χ4v) is 2.52. The quantitative estimate of drug-likeness (QED) is 0.841. The second-order valence-corrected chi connectivity index (χ2v) is 5.69. The zero-order valence-electron chi connectivity index (χ0n) is 12.2. The van der Waals surface area contributed by atoms with Crippen LogP contribution in [0.25, 0.3) is 11.1 Å². The van der Waals surface area contributed by atoms with Crippen LogP contribution >= 0.6 is 11.6 Å². The van der Waals surface area contributed by atoms with Crippen LogP contribution in [-0.4, -0.2) is 5.91 Å². The van der Waals surface area contributed by atoms with E-state index in [9.17, 15) is 4.79 Å². The molecule has 1 amide bonds. The van der Waals surface area contributed by atoms with Crippen LogP contribution in [0.2, 0.25) is 5.02 Å². The third-order valence-electron chi connectivity index (χ3n) is 3.81. The maximum atomic E-state index is 11.2. The van der Waals surface area contributed by atoms with Gasteiger partial charge in [-0.1, -0.05) is 54.9 Å². The molecule has 1 atom stereocenters. The zero-order chi connectivity index (χ0) is 15.2. The first-order chi connectivity index (χ1) is 10.1. The molecule has 3 heteroatoms. The third kappa shape index (κ3) is 4.33. The number of amides is 1. The molecule has 2 aromatic rings. The number of nitrogens with two attached hydrogens (primary N) is 1. The molecule has 2 rings (SSSR count). The van der Waals surface area contributed by atoms with Crippen molar-refractivity contribution in [3.05, 3.63) is 59.1 Å². The Morgan fingerprint density at radius 1 is 1.05 bits per heavy atom. The van der Waals surface area contributed by atoms with Crippen LogP contribution in [0.1, 0.15) is 25.3 Å². The molecule has 2 N–H and O–H groups in total. The van der Waals surface area contributed by atoms with Crippen LogP contribution in [-0.2, 0) is 11.2 Å². The Morgan fingerprint density at radius 2 is 1.57 bits per heavy atom. The van der Waals surface area contributed by atoms with Crippen molar-refractivity contribution in [2.75, 3.05) is 0 Å². The van der Waals surface area contributed by atoms with Crippen molar-refractivity contribution in [3.63, 3.8) is 0 Å². The smallest absolute Gasteiger partial charge is 0.220 e. The monoisotopic (exact) mass is 301 g/mol. The molecule has 0 heterocycles. The van der Waals surface area contributed by atoms with E-state index in [1.807, 2.05) is 31.2 Å². The number of hydrogen-bond donors (Lipinski definition) is 1. The predicted octanol–water partition coefficient (Wildman–Crippen LogP) is 4.45. The Labute approximate surface area is 130 Å². The molecule has 0 aliphatic carbocycles. The summed E-state index contributed by atoms with van der Waals surface area (Å²) in [6.07, 6.45) is 2.49. The first-order valence-electron chi connectivity index (χ1n) is 7.24. The fourth-order valence-electron chi connectivity index (χ4n) is 2.39. The Hall–Kier alpha value is -1.80. The summed E-state index contributed by atoms with van der Waals surface area (Å²) in [4.78, 5) is 11.2. The van der Waals surface area contributed by atoms with E-state index in [1.165, 1.54) is 5.56 Å². The summed E-state index contributed by atoms with van der Waals surface area (Å²) in [5.74, 6) is -0.226. The molecule has 0 bridgehead atoms. The van der Waals surface area contributed by atoms with Gasteiger partial charge in [0.1, 0.15) is 0 Å². The van der Waals surface area contributed by atoms with Gasteiger partial charge < -0.3 is 5.73 Å². The highest BCUT2D eigenvalue weighted by Crippen LogP contribution is 2.22. The van der Waals surface area contributed by atoms with Gasteiger partial charge in [0.15, 0.2) is 0 Å². The lowest BCUT2D eigenvalue weighted by Crippen LogP contribution is -2.23. The van der Waals surface area contributed by atoms with Crippen LogP contribution in [0.4, 0.5) is 0 Å². The van der Waals surface area contributed by atoms with E-state index in [0.717, 1.165) is 35.4 Å². The lowest BCUT2D eigenvalue weighted by Gasteiger charge is -2.10. The number of rotatable bonds is 6. The van der Waals surface area contributed by atoms with Crippen molar-refractivity contribution in [2.45, 2.75) is 26.2 Å². The van der Waals surface area contributed by atoms with Crippen molar-refractivity contribution in [1.82, 2.24) is 0 Å². The van der Waals surface area contributed by atoms with E-state index < -0.39 is 0 Å². The van der Waals surface area contributed by atoms with E-state index in [2.05, 4.69) is 24.3 Å². The summed E-state index contributed by atoms with van der Waals surface area (Å²) >= 11 is 5.90. The molecule has 2 nitrogen and oxygen atoms in total. The van der Waals surface area contributed by atoms with E-state index in [0.29, 0.717) is 0 Å². The highest BCUT2D eigenvalue weighted by molar-refractivity contribution is 6.30. The number of benzene rings is 2. The normalized spacial score (nSPS) is 12.1. The van der Waals surface area contributed by atoms with E-state index in [4.69, 9.17) is 17.3 Å². The number of primary amides is 1. The molecule has 0 aliphatic heterocycles. The maximum absolute atomic E-state index is 11.2. The van der Waals surface area contributed by atoms with Crippen molar-refractivity contribution in [1.29, 1.82) is 0 Å². The van der Waals surface area contributed by atoms with Gasteiger partial charge in [-0.25, -0.2) is 0 Å². The molecule has 0 aliphatic rings. The van der Waals surface area contributed by atoms with Gasteiger partial charge in [0, 0.05) is 10.9 Å². The van der Waals surface area contributed by atoms with Gasteiger partial charge in [0.2, 0.25) is 5.91 Å². The molecular formula is C18H20ClNO. The molecule has 0 radical (unpaired) electrons. The minimum absolute atomic E-state index is 0.0269. The highest BCUT2D eigenvalue weighted by Gasteiger charge is 2.12. The second kappa shape index (κ2) is 7.28. The minimum atomic E-state index is -0.199. The summed E-state index contributed by atoms with van der Waals surface area (Å²) in [7, 11) is 0. The molecular weight excluding hydrogens is 282 g/mol. The lowest BCUT2D eigenvalue weighted by molar-refractivity contribution is -0.122. The molecule has 0 aromatic heterocycles. The minimum Gasteiger partial charge on any atom is -0.369 e. The number of carbonyl (C=O) groups excluding carboxylic acids is 1. The number of aryl methyl sites for hydroxylation is 1. The van der Waals surface area contributed by atoms with Gasteiger partial charge in [-0.2, -0.15) is 0 Å². The number of halogens is 1. The third-order valence-corrected chi connectivity index (χ3v) is 4.06. The summed E-state index contributed by atoms with van der Waals surface area (Å²) < 4.78 is 0. The van der Waals surface area contributed by atoms with Gasteiger partial charge in [0.05, 0.1) is 0 Å².